The minimum absolute atomic E-state index is 0.146. The van der Waals surface area contributed by atoms with Crippen molar-refractivity contribution in [2.75, 3.05) is 5.73 Å². The number of nitrogens with two attached hydrogens (primary N) is 1. The summed E-state index contributed by atoms with van der Waals surface area (Å²) in [6.45, 7) is 0. The maximum absolute atomic E-state index is 12.8. The van der Waals surface area contributed by atoms with Crippen LogP contribution in [0.1, 0.15) is 5.56 Å². The van der Waals surface area contributed by atoms with Gasteiger partial charge in [-0.1, -0.05) is 30.3 Å². The van der Waals surface area contributed by atoms with Crippen molar-refractivity contribution in [3.05, 3.63) is 54.1 Å². The predicted molar refractivity (Wildman–Crippen MR) is 61.3 cm³/mol. The molecule has 0 aliphatic carbocycles. The van der Waals surface area contributed by atoms with Crippen LogP contribution in [0.25, 0.3) is 11.1 Å². The molecule has 0 aliphatic heterocycles. The molecule has 17 heavy (non-hydrogen) atoms. The summed E-state index contributed by atoms with van der Waals surface area (Å²) in [7, 11) is 0. The summed E-state index contributed by atoms with van der Waals surface area (Å²) in [5.41, 5.74) is 5.99. The lowest BCUT2D eigenvalue weighted by atomic mass is 9.99. The highest BCUT2D eigenvalue weighted by Crippen LogP contribution is 2.37. The van der Waals surface area contributed by atoms with E-state index in [4.69, 9.17) is 5.73 Å². The van der Waals surface area contributed by atoms with Gasteiger partial charge in [0.05, 0.1) is 5.56 Å². The SMILES string of the molecule is Nc1cccc(-c2ccccc2C(F)(F)F)c1. The van der Waals surface area contributed by atoms with Crippen LogP contribution in [0.2, 0.25) is 0 Å². The second-order valence-corrected chi connectivity index (χ2v) is 3.67. The number of alkyl halides is 3. The highest BCUT2D eigenvalue weighted by molar-refractivity contribution is 5.70. The Balaban J connectivity index is 2.60. The molecule has 88 valence electrons. The molecule has 0 spiro atoms. The van der Waals surface area contributed by atoms with Crippen LogP contribution in [0.3, 0.4) is 0 Å². The van der Waals surface area contributed by atoms with E-state index in [9.17, 15) is 13.2 Å². The van der Waals surface area contributed by atoms with Gasteiger partial charge in [0.25, 0.3) is 0 Å². The number of halogens is 3. The quantitative estimate of drug-likeness (QED) is 0.746. The van der Waals surface area contributed by atoms with Gasteiger partial charge in [-0.25, -0.2) is 0 Å². The number of benzene rings is 2. The summed E-state index contributed by atoms with van der Waals surface area (Å²) < 4.78 is 38.4. The third-order valence-corrected chi connectivity index (χ3v) is 2.43. The van der Waals surface area contributed by atoms with E-state index in [0.29, 0.717) is 11.3 Å². The monoisotopic (exact) mass is 237 g/mol. The van der Waals surface area contributed by atoms with Crippen LogP contribution in [-0.2, 0) is 6.18 Å². The average molecular weight is 237 g/mol. The summed E-state index contributed by atoms with van der Waals surface area (Å²) in [5, 5.41) is 0. The van der Waals surface area contributed by atoms with Crippen LogP contribution in [0.15, 0.2) is 48.5 Å². The molecular formula is C13H10F3N. The molecule has 0 fully saturated rings. The second-order valence-electron chi connectivity index (χ2n) is 3.67. The van der Waals surface area contributed by atoms with Crippen LogP contribution in [0, 0.1) is 0 Å². The lowest BCUT2D eigenvalue weighted by molar-refractivity contribution is -0.137. The maximum atomic E-state index is 12.8. The Morgan fingerprint density at radius 2 is 1.59 bits per heavy atom. The predicted octanol–water partition coefficient (Wildman–Crippen LogP) is 3.95. The molecule has 2 aromatic carbocycles. The summed E-state index contributed by atoms with van der Waals surface area (Å²) in [6.07, 6.45) is -4.36. The molecule has 0 saturated heterocycles. The van der Waals surface area contributed by atoms with Crippen molar-refractivity contribution >= 4 is 5.69 Å². The molecule has 0 bridgehead atoms. The lowest BCUT2D eigenvalue weighted by Gasteiger charge is -2.12. The van der Waals surface area contributed by atoms with Gasteiger partial charge in [0.1, 0.15) is 0 Å². The Hall–Kier alpha value is -1.97. The van der Waals surface area contributed by atoms with Crippen molar-refractivity contribution in [1.82, 2.24) is 0 Å². The van der Waals surface area contributed by atoms with Gasteiger partial charge in [-0.15, -0.1) is 0 Å². The molecule has 0 aliphatic rings. The van der Waals surface area contributed by atoms with Gasteiger partial charge in [-0.3, -0.25) is 0 Å². The molecule has 2 N–H and O–H groups in total. The first-order chi connectivity index (χ1) is 7.98. The molecule has 0 saturated carbocycles. The van der Waals surface area contributed by atoms with Gasteiger partial charge >= 0.3 is 6.18 Å². The molecule has 1 nitrogen and oxygen atoms in total. The fourth-order valence-electron chi connectivity index (χ4n) is 1.69. The molecule has 0 radical (unpaired) electrons. The zero-order valence-electron chi connectivity index (χ0n) is 8.83. The Labute approximate surface area is 96.7 Å². The van der Waals surface area contributed by atoms with Gasteiger partial charge in [-0.2, -0.15) is 13.2 Å². The maximum Gasteiger partial charge on any atom is 0.417 e. The van der Waals surface area contributed by atoms with Gasteiger partial charge in [-0.05, 0) is 29.3 Å². The first-order valence-electron chi connectivity index (χ1n) is 5.00. The third-order valence-electron chi connectivity index (χ3n) is 2.43. The molecule has 2 rings (SSSR count). The van der Waals surface area contributed by atoms with Gasteiger partial charge < -0.3 is 5.73 Å². The number of rotatable bonds is 1. The van der Waals surface area contributed by atoms with Crippen molar-refractivity contribution in [1.29, 1.82) is 0 Å². The van der Waals surface area contributed by atoms with E-state index in [1.165, 1.54) is 18.2 Å². The van der Waals surface area contributed by atoms with Crippen LogP contribution in [0.4, 0.5) is 18.9 Å². The largest absolute Gasteiger partial charge is 0.417 e. The Bertz CT molecular complexity index is 532. The first kappa shape index (κ1) is 11.5. The highest BCUT2D eigenvalue weighted by Gasteiger charge is 2.33. The first-order valence-corrected chi connectivity index (χ1v) is 5.00. The average Bonchev–Trinajstić information content (AvgIpc) is 2.28. The Kier molecular flexibility index (Phi) is 2.79. The van der Waals surface area contributed by atoms with Crippen LogP contribution < -0.4 is 5.73 Å². The zero-order chi connectivity index (χ0) is 12.5. The summed E-state index contributed by atoms with van der Waals surface area (Å²) in [6, 6.07) is 11.9. The van der Waals surface area contributed by atoms with Gasteiger partial charge in [0, 0.05) is 5.69 Å². The van der Waals surface area contributed by atoms with Crippen LogP contribution >= 0.6 is 0 Å². The van der Waals surface area contributed by atoms with E-state index < -0.39 is 11.7 Å². The molecule has 0 aromatic heterocycles. The van der Waals surface area contributed by atoms with E-state index in [2.05, 4.69) is 0 Å². The highest BCUT2D eigenvalue weighted by atomic mass is 19.4. The fourth-order valence-corrected chi connectivity index (χ4v) is 1.69. The van der Waals surface area contributed by atoms with Crippen LogP contribution in [-0.4, -0.2) is 0 Å². The minimum atomic E-state index is -4.36. The smallest absolute Gasteiger partial charge is 0.399 e. The number of hydrogen-bond acceptors (Lipinski definition) is 1. The fraction of sp³-hybridized carbons (Fsp3) is 0.0769. The van der Waals surface area contributed by atoms with Crippen molar-refractivity contribution < 1.29 is 13.2 Å². The third kappa shape index (κ3) is 2.41. The topological polar surface area (TPSA) is 26.0 Å². The van der Waals surface area contributed by atoms with Crippen molar-refractivity contribution in [2.45, 2.75) is 6.18 Å². The molecule has 0 amide bonds. The molecular weight excluding hydrogens is 227 g/mol. The molecule has 0 atom stereocenters. The zero-order valence-corrected chi connectivity index (χ0v) is 8.83. The Morgan fingerprint density at radius 3 is 2.24 bits per heavy atom. The van der Waals surface area contributed by atoms with E-state index in [-0.39, 0.29) is 5.56 Å². The van der Waals surface area contributed by atoms with Crippen molar-refractivity contribution in [2.24, 2.45) is 0 Å². The van der Waals surface area contributed by atoms with Crippen molar-refractivity contribution in [3.63, 3.8) is 0 Å². The lowest BCUT2D eigenvalue weighted by Crippen LogP contribution is -2.06. The van der Waals surface area contributed by atoms with E-state index >= 15 is 0 Å². The molecule has 2 aromatic rings. The summed E-state index contributed by atoms with van der Waals surface area (Å²) >= 11 is 0. The number of anilines is 1. The standard InChI is InChI=1S/C13H10F3N/c14-13(15,16)12-7-2-1-6-11(12)9-4-3-5-10(17)8-9/h1-8H,17H2. The summed E-state index contributed by atoms with van der Waals surface area (Å²) in [5.74, 6) is 0. The van der Waals surface area contributed by atoms with E-state index in [1.54, 1.807) is 24.3 Å². The van der Waals surface area contributed by atoms with Gasteiger partial charge in [0.2, 0.25) is 0 Å². The summed E-state index contributed by atoms with van der Waals surface area (Å²) in [4.78, 5) is 0. The number of nitrogen functional groups attached to an aromatic ring is 1. The minimum Gasteiger partial charge on any atom is -0.399 e. The normalized spacial score (nSPS) is 11.5. The number of hydrogen-bond donors (Lipinski definition) is 1. The molecule has 4 heteroatoms. The molecule has 0 heterocycles. The van der Waals surface area contributed by atoms with Gasteiger partial charge in [0.15, 0.2) is 0 Å². The van der Waals surface area contributed by atoms with E-state index in [1.807, 2.05) is 0 Å². The van der Waals surface area contributed by atoms with Crippen LogP contribution in [0.5, 0.6) is 0 Å². The Morgan fingerprint density at radius 1 is 0.882 bits per heavy atom. The van der Waals surface area contributed by atoms with Crippen molar-refractivity contribution in [3.8, 4) is 11.1 Å². The molecule has 0 unspecified atom stereocenters. The van der Waals surface area contributed by atoms with E-state index in [0.717, 1.165) is 6.07 Å². The second kappa shape index (κ2) is 4.13.